The summed E-state index contributed by atoms with van der Waals surface area (Å²) in [5.41, 5.74) is 7.38. The Hall–Kier alpha value is -1.03. The Balaban J connectivity index is 2.83. The van der Waals surface area contributed by atoms with Gasteiger partial charge in [-0.2, -0.15) is 0 Å². The molecule has 1 heterocycles. The SMILES string of the molecule is Cc1c([C@H](N)CC(C)C)[nH][nH]c1=O. The second kappa shape index (κ2) is 3.79. The van der Waals surface area contributed by atoms with Gasteiger partial charge < -0.3 is 10.8 Å². The van der Waals surface area contributed by atoms with Gasteiger partial charge in [-0.1, -0.05) is 13.8 Å². The Morgan fingerprint density at radius 2 is 2.00 bits per heavy atom. The summed E-state index contributed by atoms with van der Waals surface area (Å²) in [6, 6.07) is -0.0704. The van der Waals surface area contributed by atoms with Gasteiger partial charge in [-0.3, -0.25) is 9.89 Å². The summed E-state index contributed by atoms with van der Waals surface area (Å²) >= 11 is 0. The van der Waals surface area contributed by atoms with E-state index in [9.17, 15) is 4.79 Å². The highest BCUT2D eigenvalue weighted by Gasteiger charge is 2.13. The zero-order chi connectivity index (χ0) is 10.0. The average molecular weight is 183 g/mol. The summed E-state index contributed by atoms with van der Waals surface area (Å²) in [5, 5.41) is 5.35. The monoisotopic (exact) mass is 183 g/mol. The lowest BCUT2D eigenvalue weighted by Gasteiger charge is -2.12. The third-order valence-corrected chi connectivity index (χ3v) is 2.15. The topological polar surface area (TPSA) is 74.7 Å². The molecule has 0 fully saturated rings. The number of nitrogens with one attached hydrogen (secondary N) is 2. The lowest BCUT2D eigenvalue weighted by molar-refractivity contribution is 0.500. The first kappa shape index (κ1) is 10.1. The highest BCUT2D eigenvalue weighted by Crippen LogP contribution is 2.17. The first-order valence-corrected chi connectivity index (χ1v) is 4.55. The summed E-state index contributed by atoms with van der Waals surface area (Å²) in [5.74, 6) is 0.535. The van der Waals surface area contributed by atoms with Crippen LogP contribution in [0, 0.1) is 12.8 Å². The van der Waals surface area contributed by atoms with Gasteiger partial charge >= 0.3 is 0 Å². The Bertz CT molecular complexity index is 324. The highest BCUT2D eigenvalue weighted by molar-refractivity contribution is 5.17. The molecule has 0 aliphatic rings. The molecule has 1 aromatic rings. The molecule has 0 aliphatic heterocycles. The van der Waals surface area contributed by atoms with Crippen molar-refractivity contribution in [3.05, 3.63) is 21.6 Å². The van der Waals surface area contributed by atoms with Crippen LogP contribution in [-0.4, -0.2) is 10.2 Å². The van der Waals surface area contributed by atoms with Crippen molar-refractivity contribution in [2.24, 2.45) is 11.7 Å². The van der Waals surface area contributed by atoms with Crippen molar-refractivity contribution in [1.29, 1.82) is 0 Å². The van der Waals surface area contributed by atoms with E-state index in [1.807, 2.05) is 0 Å². The van der Waals surface area contributed by atoms with Crippen molar-refractivity contribution in [3.8, 4) is 0 Å². The Morgan fingerprint density at radius 3 is 2.38 bits per heavy atom. The van der Waals surface area contributed by atoms with Crippen LogP contribution in [0.25, 0.3) is 0 Å². The molecule has 1 atom stereocenters. The van der Waals surface area contributed by atoms with Crippen LogP contribution in [0.4, 0.5) is 0 Å². The van der Waals surface area contributed by atoms with E-state index < -0.39 is 0 Å². The van der Waals surface area contributed by atoms with E-state index in [4.69, 9.17) is 5.73 Å². The summed E-state index contributed by atoms with van der Waals surface area (Å²) in [4.78, 5) is 11.1. The van der Waals surface area contributed by atoms with Crippen molar-refractivity contribution >= 4 is 0 Å². The smallest absolute Gasteiger partial charge is 0.267 e. The molecule has 0 spiro atoms. The predicted octanol–water partition coefficient (Wildman–Crippen LogP) is 1.06. The van der Waals surface area contributed by atoms with Crippen LogP contribution in [0.3, 0.4) is 0 Å². The summed E-state index contributed by atoms with van der Waals surface area (Å²) in [6.07, 6.45) is 0.884. The number of hydrogen-bond acceptors (Lipinski definition) is 2. The molecule has 4 nitrogen and oxygen atoms in total. The number of aromatic amines is 2. The third kappa shape index (κ3) is 2.21. The molecule has 74 valence electrons. The Labute approximate surface area is 77.5 Å². The molecule has 0 radical (unpaired) electrons. The quantitative estimate of drug-likeness (QED) is 0.655. The lowest BCUT2D eigenvalue weighted by atomic mass is 10.0. The van der Waals surface area contributed by atoms with Gasteiger partial charge in [0.1, 0.15) is 0 Å². The maximum Gasteiger partial charge on any atom is 0.267 e. The molecular weight excluding hydrogens is 166 g/mol. The standard InChI is InChI=1S/C9H17N3O/c1-5(2)4-7(10)8-6(3)9(13)12-11-8/h5,7H,4,10H2,1-3H3,(H2,11,12,13)/t7-/m1/s1. The molecule has 4 heteroatoms. The van der Waals surface area contributed by atoms with Crippen LogP contribution in [0.1, 0.15) is 37.6 Å². The number of nitrogens with two attached hydrogens (primary N) is 1. The Morgan fingerprint density at radius 1 is 1.38 bits per heavy atom. The van der Waals surface area contributed by atoms with Gasteiger partial charge in [-0.15, -0.1) is 0 Å². The van der Waals surface area contributed by atoms with Crippen LogP contribution in [0.15, 0.2) is 4.79 Å². The zero-order valence-corrected chi connectivity index (χ0v) is 8.35. The van der Waals surface area contributed by atoms with Crippen molar-refractivity contribution < 1.29 is 0 Å². The zero-order valence-electron chi connectivity index (χ0n) is 8.35. The van der Waals surface area contributed by atoms with E-state index in [1.54, 1.807) is 6.92 Å². The van der Waals surface area contributed by atoms with E-state index in [1.165, 1.54) is 0 Å². The number of aromatic nitrogens is 2. The average Bonchev–Trinajstić information content (AvgIpc) is 2.31. The minimum Gasteiger partial charge on any atom is -0.323 e. The van der Waals surface area contributed by atoms with Gasteiger partial charge in [0.2, 0.25) is 0 Å². The number of rotatable bonds is 3. The van der Waals surface area contributed by atoms with Gasteiger partial charge in [0.05, 0.1) is 5.69 Å². The second-order valence-corrected chi connectivity index (χ2v) is 3.85. The fraction of sp³-hybridized carbons (Fsp3) is 0.667. The molecule has 1 rings (SSSR count). The molecule has 0 saturated carbocycles. The van der Waals surface area contributed by atoms with Crippen molar-refractivity contribution in [2.45, 2.75) is 33.2 Å². The summed E-state index contributed by atoms with van der Waals surface area (Å²) in [6.45, 7) is 6.00. The molecule has 0 aromatic carbocycles. The van der Waals surface area contributed by atoms with Crippen molar-refractivity contribution in [3.63, 3.8) is 0 Å². The van der Waals surface area contributed by atoms with Gasteiger partial charge in [0.25, 0.3) is 5.56 Å². The largest absolute Gasteiger partial charge is 0.323 e. The van der Waals surface area contributed by atoms with E-state index in [0.717, 1.165) is 12.1 Å². The van der Waals surface area contributed by atoms with Crippen LogP contribution < -0.4 is 11.3 Å². The lowest BCUT2D eigenvalue weighted by Crippen LogP contribution is -2.15. The predicted molar refractivity (Wildman–Crippen MR) is 52.5 cm³/mol. The first-order chi connectivity index (χ1) is 6.02. The van der Waals surface area contributed by atoms with Crippen molar-refractivity contribution in [2.75, 3.05) is 0 Å². The van der Waals surface area contributed by atoms with Crippen LogP contribution in [0.2, 0.25) is 0 Å². The van der Waals surface area contributed by atoms with Crippen LogP contribution >= 0.6 is 0 Å². The molecule has 0 amide bonds. The molecule has 0 aliphatic carbocycles. The molecule has 0 bridgehead atoms. The maximum atomic E-state index is 11.1. The van der Waals surface area contributed by atoms with Crippen LogP contribution in [-0.2, 0) is 0 Å². The van der Waals surface area contributed by atoms with E-state index >= 15 is 0 Å². The van der Waals surface area contributed by atoms with Gasteiger partial charge in [-0.25, -0.2) is 0 Å². The summed E-state index contributed by atoms with van der Waals surface area (Å²) < 4.78 is 0. The molecule has 0 saturated heterocycles. The fourth-order valence-electron chi connectivity index (χ4n) is 1.43. The number of H-pyrrole nitrogens is 2. The normalized spacial score (nSPS) is 13.6. The van der Waals surface area contributed by atoms with E-state index in [0.29, 0.717) is 11.5 Å². The van der Waals surface area contributed by atoms with Gasteiger partial charge in [0.15, 0.2) is 0 Å². The highest BCUT2D eigenvalue weighted by atomic mass is 16.1. The minimum absolute atomic E-state index is 0.0704. The maximum absolute atomic E-state index is 11.1. The van der Waals surface area contributed by atoms with Crippen molar-refractivity contribution in [1.82, 2.24) is 10.2 Å². The molecule has 0 unspecified atom stereocenters. The van der Waals surface area contributed by atoms with Gasteiger partial charge in [0, 0.05) is 11.6 Å². The summed E-state index contributed by atoms with van der Waals surface area (Å²) in [7, 11) is 0. The first-order valence-electron chi connectivity index (χ1n) is 4.55. The molecule has 13 heavy (non-hydrogen) atoms. The number of hydrogen-bond donors (Lipinski definition) is 3. The van der Waals surface area contributed by atoms with E-state index in [2.05, 4.69) is 24.0 Å². The Kier molecular flexibility index (Phi) is 2.93. The minimum atomic E-state index is -0.0748. The van der Waals surface area contributed by atoms with Gasteiger partial charge in [-0.05, 0) is 19.3 Å². The van der Waals surface area contributed by atoms with Crippen LogP contribution in [0.5, 0.6) is 0 Å². The molecule has 4 N–H and O–H groups in total. The third-order valence-electron chi connectivity index (χ3n) is 2.15. The molecule has 1 aromatic heterocycles. The second-order valence-electron chi connectivity index (χ2n) is 3.85. The molecular formula is C9H17N3O. The fourth-order valence-corrected chi connectivity index (χ4v) is 1.43. The van der Waals surface area contributed by atoms with E-state index in [-0.39, 0.29) is 11.6 Å².